The number of aromatic nitrogens is 2. The van der Waals surface area contributed by atoms with Gasteiger partial charge < -0.3 is 9.88 Å². The van der Waals surface area contributed by atoms with Crippen molar-refractivity contribution in [2.75, 3.05) is 11.4 Å². The Balaban J connectivity index is 2.47. The van der Waals surface area contributed by atoms with Crippen LogP contribution in [0, 0.1) is 0 Å². The molecule has 3 nitrogen and oxygen atoms in total. The third-order valence-corrected chi connectivity index (χ3v) is 2.63. The summed E-state index contributed by atoms with van der Waals surface area (Å²) < 4.78 is 0. The van der Waals surface area contributed by atoms with Crippen molar-refractivity contribution in [3.63, 3.8) is 0 Å². The molecule has 1 N–H and O–H groups in total. The molecule has 0 bridgehead atoms. The third kappa shape index (κ3) is 2.49. The van der Waals surface area contributed by atoms with Crippen molar-refractivity contribution in [3.8, 4) is 0 Å². The molecule has 0 amide bonds. The molecule has 2 aromatic rings. The van der Waals surface area contributed by atoms with E-state index in [-0.39, 0.29) is 0 Å². The predicted octanol–water partition coefficient (Wildman–Crippen LogP) is 3.70. The summed E-state index contributed by atoms with van der Waals surface area (Å²) in [4.78, 5) is 9.77. The van der Waals surface area contributed by atoms with Gasteiger partial charge in [0.05, 0.1) is 5.69 Å². The number of allylic oxidation sites excluding steroid dienone is 1. The minimum absolute atomic E-state index is 0.950. The molecule has 3 heteroatoms. The first-order valence-corrected chi connectivity index (χ1v) is 6.06. The molecule has 2 rings (SSSR count). The van der Waals surface area contributed by atoms with E-state index >= 15 is 0 Å². The number of H-pyrrole nitrogens is 1. The highest BCUT2D eigenvalue weighted by Gasteiger charge is 2.08. The Morgan fingerprint density at radius 2 is 2.24 bits per heavy atom. The van der Waals surface area contributed by atoms with Gasteiger partial charge in [-0.05, 0) is 32.4 Å². The van der Waals surface area contributed by atoms with Crippen LogP contribution in [0.2, 0.25) is 0 Å². The standard InChI is InChI=1S/C14H19N3/c1-4-9-17(10-11(2)3)13-6-8-16-14-12(13)5-7-15-14/h5-8,10H,4,9H2,1-3H3,(H,15,16). The Labute approximate surface area is 102 Å². The van der Waals surface area contributed by atoms with Gasteiger partial charge in [-0.15, -0.1) is 0 Å². The Kier molecular flexibility index (Phi) is 3.47. The fourth-order valence-electron chi connectivity index (χ4n) is 2.00. The second-order valence-electron chi connectivity index (χ2n) is 4.47. The van der Waals surface area contributed by atoms with Crippen LogP contribution in [0.5, 0.6) is 0 Å². The monoisotopic (exact) mass is 229 g/mol. The summed E-state index contributed by atoms with van der Waals surface area (Å²) in [6.45, 7) is 7.47. The van der Waals surface area contributed by atoms with E-state index in [1.54, 1.807) is 0 Å². The molecule has 90 valence electrons. The normalized spacial score (nSPS) is 10.5. The average Bonchev–Trinajstić information content (AvgIpc) is 2.75. The van der Waals surface area contributed by atoms with Crippen LogP contribution in [0.25, 0.3) is 11.0 Å². The quantitative estimate of drug-likeness (QED) is 0.866. The number of pyridine rings is 1. The molecular weight excluding hydrogens is 210 g/mol. The van der Waals surface area contributed by atoms with Gasteiger partial charge in [0.25, 0.3) is 0 Å². The lowest BCUT2D eigenvalue weighted by molar-refractivity contribution is 0.877. The highest BCUT2D eigenvalue weighted by molar-refractivity contribution is 5.90. The zero-order valence-corrected chi connectivity index (χ0v) is 10.7. The Morgan fingerprint density at radius 3 is 2.94 bits per heavy atom. The number of nitrogens with one attached hydrogen (secondary N) is 1. The molecular formula is C14H19N3. The minimum atomic E-state index is 0.950. The number of anilines is 1. The number of aromatic amines is 1. The molecule has 0 aliphatic rings. The molecule has 2 aromatic heterocycles. The second-order valence-corrected chi connectivity index (χ2v) is 4.47. The lowest BCUT2D eigenvalue weighted by atomic mass is 10.2. The largest absolute Gasteiger partial charge is 0.347 e. The van der Waals surface area contributed by atoms with Gasteiger partial charge in [0.2, 0.25) is 0 Å². The van der Waals surface area contributed by atoms with E-state index in [2.05, 4.69) is 54.0 Å². The van der Waals surface area contributed by atoms with Crippen molar-refractivity contribution in [1.29, 1.82) is 0 Å². The van der Waals surface area contributed by atoms with Gasteiger partial charge in [-0.25, -0.2) is 4.98 Å². The summed E-state index contributed by atoms with van der Waals surface area (Å²) >= 11 is 0. The fourth-order valence-corrected chi connectivity index (χ4v) is 2.00. The van der Waals surface area contributed by atoms with E-state index in [1.165, 1.54) is 16.6 Å². The number of hydrogen-bond acceptors (Lipinski definition) is 2. The maximum absolute atomic E-state index is 4.32. The number of nitrogens with zero attached hydrogens (tertiary/aromatic N) is 2. The highest BCUT2D eigenvalue weighted by atomic mass is 15.1. The maximum Gasteiger partial charge on any atom is 0.139 e. The topological polar surface area (TPSA) is 31.9 Å². The fraction of sp³-hybridized carbons (Fsp3) is 0.357. The Bertz CT molecular complexity index is 521. The Hall–Kier alpha value is -1.77. The minimum Gasteiger partial charge on any atom is -0.347 e. The van der Waals surface area contributed by atoms with Gasteiger partial charge in [-0.1, -0.05) is 12.5 Å². The molecule has 0 spiro atoms. The first kappa shape index (κ1) is 11.7. The van der Waals surface area contributed by atoms with Crippen LogP contribution < -0.4 is 4.90 Å². The summed E-state index contributed by atoms with van der Waals surface area (Å²) in [5.74, 6) is 0. The molecule has 0 saturated carbocycles. The lowest BCUT2D eigenvalue weighted by Gasteiger charge is -2.21. The van der Waals surface area contributed by atoms with Crippen LogP contribution in [0.3, 0.4) is 0 Å². The van der Waals surface area contributed by atoms with Crippen LogP contribution in [0.1, 0.15) is 27.2 Å². The summed E-state index contributed by atoms with van der Waals surface area (Å²) in [7, 11) is 0. The SMILES string of the molecule is CCCN(C=C(C)C)c1ccnc2[nH]ccc12. The predicted molar refractivity (Wildman–Crippen MR) is 73.2 cm³/mol. The zero-order valence-electron chi connectivity index (χ0n) is 10.7. The lowest BCUT2D eigenvalue weighted by Crippen LogP contribution is -2.17. The van der Waals surface area contributed by atoms with Gasteiger partial charge in [-0.3, -0.25) is 0 Å². The van der Waals surface area contributed by atoms with Crippen LogP contribution in [0.4, 0.5) is 5.69 Å². The van der Waals surface area contributed by atoms with Gasteiger partial charge in [0.15, 0.2) is 0 Å². The van der Waals surface area contributed by atoms with Crippen LogP contribution in [-0.2, 0) is 0 Å². The first-order valence-electron chi connectivity index (χ1n) is 6.06. The van der Waals surface area contributed by atoms with E-state index in [4.69, 9.17) is 0 Å². The molecule has 0 unspecified atom stereocenters. The van der Waals surface area contributed by atoms with Crippen LogP contribution in [-0.4, -0.2) is 16.5 Å². The van der Waals surface area contributed by atoms with E-state index in [9.17, 15) is 0 Å². The van der Waals surface area contributed by atoms with Gasteiger partial charge >= 0.3 is 0 Å². The number of fused-ring (bicyclic) bond motifs is 1. The smallest absolute Gasteiger partial charge is 0.139 e. The van der Waals surface area contributed by atoms with Crippen molar-refractivity contribution < 1.29 is 0 Å². The van der Waals surface area contributed by atoms with E-state index < -0.39 is 0 Å². The average molecular weight is 229 g/mol. The summed E-state index contributed by atoms with van der Waals surface area (Å²) in [6.07, 6.45) is 7.12. The van der Waals surface area contributed by atoms with Crippen molar-refractivity contribution in [3.05, 3.63) is 36.3 Å². The molecule has 0 atom stereocenters. The van der Waals surface area contributed by atoms with E-state index in [1.807, 2.05) is 12.4 Å². The molecule has 0 aliphatic heterocycles. The van der Waals surface area contributed by atoms with Gasteiger partial charge in [0, 0.05) is 30.5 Å². The molecule has 0 aliphatic carbocycles. The van der Waals surface area contributed by atoms with Crippen molar-refractivity contribution >= 4 is 16.7 Å². The molecule has 0 fully saturated rings. The molecule has 0 saturated heterocycles. The summed E-state index contributed by atoms with van der Waals surface area (Å²) in [5, 5.41) is 1.18. The molecule has 0 radical (unpaired) electrons. The number of rotatable bonds is 4. The van der Waals surface area contributed by atoms with Gasteiger partial charge in [0.1, 0.15) is 5.65 Å². The molecule has 2 heterocycles. The van der Waals surface area contributed by atoms with Crippen molar-refractivity contribution in [2.45, 2.75) is 27.2 Å². The molecule has 17 heavy (non-hydrogen) atoms. The summed E-state index contributed by atoms with van der Waals surface area (Å²) in [5.41, 5.74) is 3.48. The Morgan fingerprint density at radius 1 is 1.41 bits per heavy atom. The second kappa shape index (κ2) is 5.04. The van der Waals surface area contributed by atoms with E-state index in [0.29, 0.717) is 0 Å². The third-order valence-electron chi connectivity index (χ3n) is 2.63. The van der Waals surface area contributed by atoms with Gasteiger partial charge in [-0.2, -0.15) is 0 Å². The van der Waals surface area contributed by atoms with Crippen molar-refractivity contribution in [2.24, 2.45) is 0 Å². The van der Waals surface area contributed by atoms with Crippen LogP contribution in [0.15, 0.2) is 36.3 Å². The van der Waals surface area contributed by atoms with E-state index in [0.717, 1.165) is 18.6 Å². The first-order chi connectivity index (χ1) is 8.22. The highest BCUT2D eigenvalue weighted by Crippen LogP contribution is 2.25. The zero-order chi connectivity index (χ0) is 12.3. The summed E-state index contributed by atoms with van der Waals surface area (Å²) in [6, 6.07) is 4.16. The number of hydrogen-bond donors (Lipinski definition) is 1. The van der Waals surface area contributed by atoms with Crippen LogP contribution >= 0.6 is 0 Å². The van der Waals surface area contributed by atoms with Crippen molar-refractivity contribution in [1.82, 2.24) is 9.97 Å². The maximum atomic E-state index is 4.32. The molecule has 0 aromatic carbocycles.